The largest absolute Gasteiger partial charge is 0.497 e. The molecule has 5 nitrogen and oxygen atoms in total. The van der Waals surface area contributed by atoms with E-state index >= 15 is 0 Å². The summed E-state index contributed by atoms with van der Waals surface area (Å²) < 4.78 is 10.1. The summed E-state index contributed by atoms with van der Waals surface area (Å²) in [6, 6.07) is 6.69. The summed E-state index contributed by atoms with van der Waals surface area (Å²) in [5.41, 5.74) is 0.551. The minimum Gasteiger partial charge on any atom is -0.497 e. The first-order valence-electron chi connectivity index (χ1n) is 6.50. The molecule has 1 rings (SSSR count). The molecule has 20 heavy (non-hydrogen) atoms. The highest BCUT2D eigenvalue weighted by Crippen LogP contribution is 2.11. The van der Waals surface area contributed by atoms with E-state index in [-0.39, 0.29) is 17.7 Å². The van der Waals surface area contributed by atoms with E-state index < -0.39 is 0 Å². The molecule has 0 bridgehead atoms. The molecule has 0 fully saturated rings. The summed E-state index contributed by atoms with van der Waals surface area (Å²) in [6.07, 6.45) is 1.00. The quantitative estimate of drug-likeness (QED) is 0.788. The van der Waals surface area contributed by atoms with Crippen LogP contribution in [0.4, 0.5) is 0 Å². The molecule has 0 radical (unpaired) electrons. The van der Waals surface area contributed by atoms with Crippen LogP contribution in [0.3, 0.4) is 0 Å². The third kappa shape index (κ3) is 5.40. The second-order valence-electron chi connectivity index (χ2n) is 4.59. The van der Waals surface area contributed by atoms with E-state index in [4.69, 9.17) is 9.47 Å². The third-order valence-corrected chi connectivity index (χ3v) is 2.90. The lowest BCUT2D eigenvalue weighted by Crippen LogP contribution is -2.38. The number of hydrogen-bond donors (Lipinski definition) is 1. The molecule has 1 N–H and O–H groups in total. The van der Waals surface area contributed by atoms with Crippen molar-refractivity contribution in [3.8, 4) is 5.75 Å². The maximum absolute atomic E-state index is 12.1. The van der Waals surface area contributed by atoms with Crippen molar-refractivity contribution in [1.82, 2.24) is 5.32 Å². The van der Waals surface area contributed by atoms with E-state index in [2.05, 4.69) is 5.32 Å². The van der Waals surface area contributed by atoms with Crippen LogP contribution in [0.5, 0.6) is 5.75 Å². The number of Topliss-reactive ketones (excluding diaryl/α,β-unsaturated/α-hetero) is 1. The van der Waals surface area contributed by atoms with E-state index in [0.29, 0.717) is 30.8 Å². The number of carbonyl (C=O) groups excluding carboxylic acids is 2. The average Bonchev–Trinajstić information content (AvgIpc) is 2.45. The Balaban J connectivity index is 2.61. The zero-order chi connectivity index (χ0) is 15.0. The molecule has 0 aliphatic heterocycles. The number of nitrogens with one attached hydrogen (secondary N) is 1. The van der Waals surface area contributed by atoms with E-state index in [1.54, 1.807) is 38.5 Å². The zero-order valence-electron chi connectivity index (χ0n) is 12.1. The van der Waals surface area contributed by atoms with Crippen LogP contribution in [0, 0.1) is 0 Å². The van der Waals surface area contributed by atoms with Gasteiger partial charge in [-0.2, -0.15) is 0 Å². The van der Waals surface area contributed by atoms with Crippen molar-refractivity contribution in [3.05, 3.63) is 29.8 Å². The van der Waals surface area contributed by atoms with Gasteiger partial charge in [-0.1, -0.05) is 0 Å². The first kappa shape index (κ1) is 16.2. The second kappa shape index (κ2) is 8.32. The summed E-state index contributed by atoms with van der Waals surface area (Å²) in [5.74, 6) is 0.620. The topological polar surface area (TPSA) is 64.6 Å². The monoisotopic (exact) mass is 279 g/mol. The number of hydrogen-bond acceptors (Lipinski definition) is 4. The van der Waals surface area contributed by atoms with Gasteiger partial charge in [0.15, 0.2) is 0 Å². The van der Waals surface area contributed by atoms with Crippen molar-refractivity contribution in [2.45, 2.75) is 25.8 Å². The highest BCUT2D eigenvalue weighted by Gasteiger charge is 2.14. The van der Waals surface area contributed by atoms with E-state index in [9.17, 15) is 9.59 Å². The fourth-order valence-electron chi connectivity index (χ4n) is 1.79. The average molecular weight is 279 g/mol. The summed E-state index contributed by atoms with van der Waals surface area (Å²) in [5, 5.41) is 2.87. The molecule has 110 valence electrons. The molecule has 0 spiro atoms. The lowest BCUT2D eigenvalue weighted by Gasteiger charge is -2.17. The molecule has 0 aliphatic rings. The van der Waals surface area contributed by atoms with Crippen LogP contribution >= 0.6 is 0 Å². The van der Waals surface area contributed by atoms with Crippen LogP contribution in [-0.2, 0) is 9.53 Å². The number of benzene rings is 1. The van der Waals surface area contributed by atoms with Crippen molar-refractivity contribution < 1.29 is 19.1 Å². The highest BCUT2D eigenvalue weighted by molar-refractivity contribution is 5.94. The van der Waals surface area contributed by atoms with Crippen LogP contribution < -0.4 is 10.1 Å². The van der Waals surface area contributed by atoms with Crippen LogP contribution in [0.2, 0.25) is 0 Å². The Morgan fingerprint density at radius 2 is 1.85 bits per heavy atom. The molecule has 0 saturated heterocycles. The lowest BCUT2D eigenvalue weighted by atomic mass is 10.1. The van der Waals surface area contributed by atoms with Crippen molar-refractivity contribution in [3.63, 3.8) is 0 Å². The Kier molecular flexibility index (Phi) is 6.73. The van der Waals surface area contributed by atoms with Gasteiger partial charge in [0.05, 0.1) is 19.8 Å². The van der Waals surface area contributed by atoms with Crippen molar-refractivity contribution in [2.24, 2.45) is 0 Å². The predicted octanol–water partition coefficient (Wildman–Crippen LogP) is 1.81. The zero-order valence-corrected chi connectivity index (χ0v) is 12.1. The standard InChI is InChI=1S/C15H21NO4/c1-11(17)4-7-13(10-19-2)16-15(18)12-5-8-14(20-3)9-6-12/h5-6,8-9,13H,4,7,10H2,1-3H3,(H,16,18). The first-order chi connectivity index (χ1) is 9.56. The summed E-state index contributed by atoms with van der Waals surface area (Å²) in [4.78, 5) is 23.1. The first-order valence-corrected chi connectivity index (χ1v) is 6.50. The third-order valence-electron chi connectivity index (χ3n) is 2.90. The van der Waals surface area contributed by atoms with Gasteiger partial charge in [-0.15, -0.1) is 0 Å². The predicted molar refractivity (Wildman–Crippen MR) is 76.0 cm³/mol. The van der Waals surface area contributed by atoms with Gasteiger partial charge < -0.3 is 19.6 Å². The van der Waals surface area contributed by atoms with Gasteiger partial charge in [-0.3, -0.25) is 4.79 Å². The van der Waals surface area contributed by atoms with Gasteiger partial charge in [0.25, 0.3) is 5.91 Å². The highest BCUT2D eigenvalue weighted by atomic mass is 16.5. The smallest absolute Gasteiger partial charge is 0.251 e. The van der Waals surface area contributed by atoms with Gasteiger partial charge in [0, 0.05) is 19.1 Å². The molecular formula is C15H21NO4. The Bertz CT molecular complexity index is 442. The molecule has 1 aromatic rings. The van der Waals surface area contributed by atoms with Crippen LogP contribution in [0.15, 0.2) is 24.3 Å². The normalized spacial score (nSPS) is 11.8. The number of carbonyl (C=O) groups is 2. The molecular weight excluding hydrogens is 258 g/mol. The number of methoxy groups -OCH3 is 2. The lowest BCUT2D eigenvalue weighted by molar-refractivity contribution is -0.117. The van der Waals surface area contributed by atoms with Crippen molar-refractivity contribution >= 4 is 11.7 Å². The molecule has 0 aliphatic carbocycles. The minimum atomic E-state index is -0.182. The Labute approximate surface area is 119 Å². The van der Waals surface area contributed by atoms with Crippen LogP contribution in [0.25, 0.3) is 0 Å². The molecule has 1 amide bonds. The van der Waals surface area contributed by atoms with Gasteiger partial charge in [0.2, 0.25) is 0 Å². The van der Waals surface area contributed by atoms with Gasteiger partial charge in [-0.25, -0.2) is 0 Å². The SMILES string of the molecule is COCC(CCC(C)=O)NC(=O)c1ccc(OC)cc1. The number of rotatable bonds is 8. The molecule has 0 aromatic heterocycles. The Morgan fingerprint density at radius 1 is 1.20 bits per heavy atom. The molecule has 0 saturated carbocycles. The fourth-order valence-corrected chi connectivity index (χ4v) is 1.79. The van der Waals surface area contributed by atoms with Gasteiger partial charge in [-0.05, 0) is 37.6 Å². The summed E-state index contributed by atoms with van der Waals surface area (Å²) in [6.45, 7) is 1.92. The fraction of sp³-hybridized carbons (Fsp3) is 0.467. The summed E-state index contributed by atoms with van der Waals surface area (Å²) in [7, 11) is 3.14. The number of amides is 1. The van der Waals surface area contributed by atoms with Gasteiger partial charge >= 0.3 is 0 Å². The molecule has 0 heterocycles. The minimum absolute atomic E-state index is 0.102. The molecule has 5 heteroatoms. The molecule has 1 aromatic carbocycles. The van der Waals surface area contributed by atoms with Crippen molar-refractivity contribution in [1.29, 1.82) is 0 Å². The number of ether oxygens (including phenoxy) is 2. The molecule has 1 atom stereocenters. The summed E-state index contributed by atoms with van der Waals surface area (Å²) >= 11 is 0. The maximum Gasteiger partial charge on any atom is 0.251 e. The Hall–Kier alpha value is -1.88. The molecule has 1 unspecified atom stereocenters. The second-order valence-corrected chi connectivity index (χ2v) is 4.59. The number of ketones is 1. The van der Waals surface area contributed by atoms with Crippen LogP contribution in [-0.4, -0.2) is 38.6 Å². The van der Waals surface area contributed by atoms with Crippen LogP contribution in [0.1, 0.15) is 30.1 Å². The van der Waals surface area contributed by atoms with Crippen molar-refractivity contribution in [2.75, 3.05) is 20.8 Å². The Morgan fingerprint density at radius 3 is 2.35 bits per heavy atom. The van der Waals surface area contributed by atoms with E-state index in [0.717, 1.165) is 0 Å². The van der Waals surface area contributed by atoms with E-state index in [1.807, 2.05) is 0 Å². The van der Waals surface area contributed by atoms with Gasteiger partial charge in [0.1, 0.15) is 11.5 Å². The van der Waals surface area contributed by atoms with E-state index in [1.165, 1.54) is 6.92 Å². The maximum atomic E-state index is 12.1.